The molecule has 0 aromatic carbocycles. The van der Waals surface area contributed by atoms with Crippen LogP contribution in [0.5, 0.6) is 0 Å². The Bertz CT molecular complexity index is 530. The summed E-state index contributed by atoms with van der Waals surface area (Å²) >= 11 is 0. The molecule has 0 saturated heterocycles. The van der Waals surface area contributed by atoms with Crippen LogP contribution in [0.4, 0.5) is 0 Å². The molecule has 2 aromatic heterocycles. The summed E-state index contributed by atoms with van der Waals surface area (Å²) in [5, 5.41) is 0. The van der Waals surface area contributed by atoms with Crippen LogP contribution in [-0.2, 0) is 0 Å². The molecule has 0 spiro atoms. The second-order valence-corrected chi connectivity index (χ2v) is 3.63. The summed E-state index contributed by atoms with van der Waals surface area (Å²) in [4.78, 5) is 13.4. The fourth-order valence-corrected chi connectivity index (χ4v) is 1.60. The van der Waals surface area contributed by atoms with Gasteiger partial charge in [0.15, 0.2) is 0 Å². The smallest absolute Gasteiger partial charge is 0.255 e. The Balaban J connectivity index is 2.34. The van der Waals surface area contributed by atoms with Gasteiger partial charge in [-0.3, -0.25) is 4.79 Å². The number of carbonyl (C=O) groups is 1. The molecule has 2 heterocycles. The minimum absolute atomic E-state index is 0.0540. The van der Waals surface area contributed by atoms with Crippen LogP contribution in [0.25, 0.3) is 5.52 Å². The van der Waals surface area contributed by atoms with Crippen LogP contribution in [0.3, 0.4) is 0 Å². The van der Waals surface area contributed by atoms with Crippen molar-refractivity contribution in [2.24, 2.45) is 0 Å². The standard InChI is InChI=1S/C13H12N2O/c1-3-7-14(2)13(16)11-9-12-6-4-5-8-15(12)10-11/h1,4-6,8-10H,7H2,2H3. The third kappa shape index (κ3) is 1.78. The lowest BCUT2D eigenvalue weighted by Crippen LogP contribution is -2.26. The van der Waals surface area contributed by atoms with E-state index in [2.05, 4.69) is 5.92 Å². The number of fused-ring (bicyclic) bond motifs is 1. The van der Waals surface area contributed by atoms with Crippen molar-refractivity contribution in [1.29, 1.82) is 0 Å². The maximum absolute atomic E-state index is 11.9. The minimum Gasteiger partial charge on any atom is -0.331 e. The van der Waals surface area contributed by atoms with Crippen LogP contribution in [0.1, 0.15) is 10.4 Å². The number of carbonyl (C=O) groups excluding carboxylic acids is 1. The largest absolute Gasteiger partial charge is 0.331 e. The van der Waals surface area contributed by atoms with Gasteiger partial charge in [-0.15, -0.1) is 6.42 Å². The number of terminal acetylenes is 1. The number of hydrogen-bond acceptors (Lipinski definition) is 1. The first-order chi connectivity index (χ1) is 7.72. The minimum atomic E-state index is -0.0540. The van der Waals surface area contributed by atoms with Crippen molar-refractivity contribution in [2.75, 3.05) is 13.6 Å². The first kappa shape index (κ1) is 10.3. The Kier molecular flexibility index (Phi) is 2.65. The Labute approximate surface area is 94.3 Å². The molecule has 0 aliphatic rings. The average Bonchev–Trinajstić information content (AvgIpc) is 2.71. The zero-order valence-electron chi connectivity index (χ0n) is 9.05. The van der Waals surface area contributed by atoms with Gasteiger partial charge in [0.2, 0.25) is 0 Å². The molecule has 0 bridgehead atoms. The second-order valence-electron chi connectivity index (χ2n) is 3.63. The van der Waals surface area contributed by atoms with Crippen molar-refractivity contribution in [3.05, 3.63) is 42.2 Å². The predicted octanol–water partition coefficient (Wildman–Crippen LogP) is 1.64. The van der Waals surface area contributed by atoms with Gasteiger partial charge in [0.1, 0.15) is 0 Å². The monoisotopic (exact) mass is 212 g/mol. The van der Waals surface area contributed by atoms with E-state index in [-0.39, 0.29) is 5.91 Å². The van der Waals surface area contributed by atoms with Crippen molar-refractivity contribution in [1.82, 2.24) is 9.30 Å². The van der Waals surface area contributed by atoms with Gasteiger partial charge >= 0.3 is 0 Å². The fraction of sp³-hybridized carbons (Fsp3) is 0.154. The molecule has 3 nitrogen and oxygen atoms in total. The van der Waals surface area contributed by atoms with E-state index in [1.807, 2.05) is 41.1 Å². The molecule has 0 aliphatic carbocycles. The zero-order valence-corrected chi connectivity index (χ0v) is 9.05. The normalized spacial score (nSPS) is 10.0. The number of pyridine rings is 1. The lowest BCUT2D eigenvalue weighted by atomic mass is 10.3. The second kappa shape index (κ2) is 4.11. The van der Waals surface area contributed by atoms with E-state index >= 15 is 0 Å². The highest BCUT2D eigenvalue weighted by Crippen LogP contribution is 2.11. The summed E-state index contributed by atoms with van der Waals surface area (Å²) in [6.07, 6.45) is 8.89. The van der Waals surface area contributed by atoms with E-state index < -0.39 is 0 Å². The molecule has 0 atom stereocenters. The number of nitrogens with zero attached hydrogens (tertiary/aromatic N) is 2. The van der Waals surface area contributed by atoms with E-state index in [0.717, 1.165) is 5.52 Å². The lowest BCUT2D eigenvalue weighted by Gasteiger charge is -2.11. The van der Waals surface area contributed by atoms with Gasteiger partial charge in [0.25, 0.3) is 5.91 Å². The third-order valence-electron chi connectivity index (χ3n) is 2.43. The molecule has 0 saturated carbocycles. The molecular formula is C13H12N2O. The van der Waals surface area contributed by atoms with Gasteiger partial charge in [-0.05, 0) is 18.2 Å². The molecule has 1 amide bonds. The Morgan fingerprint density at radius 1 is 1.56 bits per heavy atom. The summed E-state index contributed by atoms with van der Waals surface area (Å²) in [6.45, 7) is 0.324. The zero-order chi connectivity index (χ0) is 11.5. The first-order valence-corrected chi connectivity index (χ1v) is 4.98. The maximum atomic E-state index is 11.9. The number of aromatic nitrogens is 1. The number of hydrogen-bond donors (Lipinski definition) is 0. The van der Waals surface area contributed by atoms with Gasteiger partial charge in [0, 0.05) is 25.0 Å². The van der Waals surface area contributed by atoms with Gasteiger partial charge in [-0.1, -0.05) is 12.0 Å². The molecule has 2 aromatic rings. The van der Waals surface area contributed by atoms with E-state index in [0.29, 0.717) is 12.1 Å². The Morgan fingerprint density at radius 2 is 2.38 bits per heavy atom. The van der Waals surface area contributed by atoms with Crippen molar-refractivity contribution in [2.45, 2.75) is 0 Å². The molecule has 0 aliphatic heterocycles. The molecule has 3 heteroatoms. The average molecular weight is 212 g/mol. The summed E-state index contributed by atoms with van der Waals surface area (Å²) < 4.78 is 1.91. The lowest BCUT2D eigenvalue weighted by molar-refractivity contribution is 0.0813. The molecule has 2 rings (SSSR count). The number of amides is 1. The Hall–Kier alpha value is -2.21. The molecule has 0 unspecified atom stereocenters. The molecule has 0 fully saturated rings. The summed E-state index contributed by atoms with van der Waals surface area (Å²) in [5.41, 5.74) is 1.66. The van der Waals surface area contributed by atoms with Crippen molar-refractivity contribution >= 4 is 11.4 Å². The van der Waals surface area contributed by atoms with Gasteiger partial charge < -0.3 is 9.30 Å². The molecule has 16 heavy (non-hydrogen) atoms. The van der Waals surface area contributed by atoms with Gasteiger partial charge in [-0.25, -0.2) is 0 Å². The topological polar surface area (TPSA) is 24.7 Å². The van der Waals surface area contributed by atoms with E-state index in [1.54, 1.807) is 7.05 Å². The van der Waals surface area contributed by atoms with Gasteiger partial charge in [-0.2, -0.15) is 0 Å². The van der Waals surface area contributed by atoms with Crippen LogP contribution in [0.2, 0.25) is 0 Å². The fourth-order valence-electron chi connectivity index (χ4n) is 1.60. The van der Waals surface area contributed by atoms with E-state index in [1.165, 1.54) is 4.90 Å². The molecule has 0 N–H and O–H groups in total. The summed E-state index contributed by atoms with van der Waals surface area (Å²) in [5.74, 6) is 2.40. The third-order valence-corrected chi connectivity index (χ3v) is 2.43. The molecule has 0 radical (unpaired) electrons. The van der Waals surface area contributed by atoms with Crippen LogP contribution in [0, 0.1) is 12.3 Å². The Morgan fingerprint density at radius 3 is 3.06 bits per heavy atom. The predicted molar refractivity (Wildman–Crippen MR) is 63.2 cm³/mol. The first-order valence-electron chi connectivity index (χ1n) is 4.98. The van der Waals surface area contributed by atoms with Crippen LogP contribution in [-0.4, -0.2) is 28.8 Å². The SMILES string of the molecule is C#CCN(C)C(=O)c1cc2ccccn2c1. The van der Waals surface area contributed by atoms with Crippen molar-refractivity contribution in [3.8, 4) is 12.3 Å². The van der Waals surface area contributed by atoms with Crippen LogP contribution in [0.15, 0.2) is 36.7 Å². The van der Waals surface area contributed by atoms with E-state index in [9.17, 15) is 4.79 Å². The highest BCUT2D eigenvalue weighted by atomic mass is 16.2. The maximum Gasteiger partial charge on any atom is 0.255 e. The van der Waals surface area contributed by atoms with Crippen molar-refractivity contribution in [3.63, 3.8) is 0 Å². The summed E-state index contributed by atoms with van der Waals surface area (Å²) in [6, 6.07) is 7.68. The van der Waals surface area contributed by atoms with Crippen LogP contribution >= 0.6 is 0 Å². The molecule has 80 valence electrons. The van der Waals surface area contributed by atoms with Crippen LogP contribution < -0.4 is 0 Å². The van der Waals surface area contributed by atoms with Gasteiger partial charge in [0.05, 0.1) is 12.1 Å². The van der Waals surface area contributed by atoms with Crippen molar-refractivity contribution < 1.29 is 4.79 Å². The van der Waals surface area contributed by atoms with E-state index in [4.69, 9.17) is 6.42 Å². The molecular weight excluding hydrogens is 200 g/mol. The number of rotatable bonds is 2. The summed E-state index contributed by atoms with van der Waals surface area (Å²) in [7, 11) is 1.70. The quantitative estimate of drug-likeness (QED) is 0.695. The highest BCUT2D eigenvalue weighted by Gasteiger charge is 2.12. The highest BCUT2D eigenvalue weighted by molar-refractivity contribution is 5.95.